The summed E-state index contributed by atoms with van der Waals surface area (Å²) < 4.78 is 0. The maximum Gasteiger partial charge on any atom is 0.138 e. The Labute approximate surface area is 180 Å². The number of benzene rings is 2. The van der Waals surface area contributed by atoms with E-state index in [1.54, 1.807) is 0 Å². The van der Waals surface area contributed by atoms with Gasteiger partial charge in [0.05, 0.1) is 5.57 Å². The minimum absolute atomic E-state index is 0.983. The fourth-order valence-electron chi connectivity index (χ4n) is 3.28. The second kappa shape index (κ2) is 10.5. The summed E-state index contributed by atoms with van der Waals surface area (Å²) in [5, 5.41) is 0. The molecule has 0 aliphatic rings. The summed E-state index contributed by atoms with van der Waals surface area (Å²) in [7, 11) is -3.07. The molecule has 0 aromatic heterocycles. The van der Waals surface area contributed by atoms with Crippen molar-refractivity contribution in [3.05, 3.63) is 77.4 Å². The van der Waals surface area contributed by atoms with E-state index in [2.05, 4.69) is 124 Å². The monoisotopic (exact) mass is 414 g/mol. The van der Waals surface area contributed by atoms with Crippen molar-refractivity contribution in [2.45, 2.75) is 58.5 Å². The summed E-state index contributed by atoms with van der Waals surface area (Å²) in [5.74, 6) is 7.16. The lowest BCUT2D eigenvalue weighted by Crippen LogP contribution is -2.29. The Morgan fingerprint density at radius 2 is 1.07 bits per heavy atom. The van der Waals surface area contributed by atoms with E-state index in [1.807, 2.05) is 0 Å². The standard InChI is InChI=1S/C27H34Si2/c1-7-29(8-2,9-3)23-21-26(20-22-28(4,5)6)27(24-16-12-10-13-17-24)25-18-14-11-15-19-25/h10-19H,7-9H2,1-6H3. The lowest BCUT2D eigenvalue weighted by atomic mass is 9.93. The number of rotatable bonds is 5. The van der Waals surface area contributed by atoms with Gasteiger partial charge in [-0.25, -0.2) is 0 Å². The van der Waals surface area contributed by atoms with Crippen molar-refractivity contribution >= 4 is 21.7 Å². The summed E-state index contributed by atoms with van der Waals surface area (Å²) in [6.45, 7) is 13.8. The highest BCUT2D eigenvalue weighted by Gasteiger charge is 2.24. The van der Waals surface area contributed by atoms with E-state index in [0.717, 1.165) is 11.1 Å². The minimum Gasteiger partial charge on any atom is -0.126 e. The molecule has 29 heavy (non-hydrogen) atoms. The first-order valence-corrected chi connectivity index (χ1v) is 16.9. The van der Waals surface area contributed by atoms with Crippen LogP contribution in [-0.4, -0.2) is 16.1 Å². The van der Waals surface area contributed by atoms with Crippen LogP contribution in [0, 0.1) is 22.9 Å². The summed E-state index contributed by atoms with van der Waals surface area (Å²) in [6.07, 6.45) is 0. The van der Waals surface area contributed by atoms with Crippen LogP contribution in [0.2, 0.25) is 37.8 Å². The molecule has 0 unspecified atom stereocenters. The summed E-state index contributed by atoms with van der Waals surface area (Å²) in [5.41, 5.74) is 11.9. The van der Waals surface area contributed by atoms with Gasteiger partial charge in [0.2, 0.25) is 0 Å². The van der Waals surface area contributed by atoms with Crippen LogP contribution >= 0.6 is 0 Å². The molecule has 0 radical (unpaired) electrons. The second-order valence-corrected chi connectivity index (χ2v) is 18.3. The molecule has 0 saturated carbocycles. The topological polar surface area (TPSA) is 0 Å². The SMILES string of the molecule is CC[Si](C#CC(C#C[Si](C)(C)C)=C(c1ccccc1)c1ccccc1)(CC)CC. The molecule has 2 aromatic rings. The molecular formula is C27H34Si2. The molecular weight excluding hydrogens is 380 g/mol. The molecule has 2 rings (SSSR count). The quantitative estimate of drug-likeness (QED) is 0.353. The molecule has 0 N–H and O–H groups in total. The second-order valence-electron chi connectivity index (χ2n) is 8.57. The highest BCUT2D eigenvalue weighted by molar-refractivity contribution is 6.87. The van der Waals surface area contributed by atoms with E-state index < -0.39 is 16.1 Å². The predicted molar refractivity (Wildman–Crippen MR) is 135 cm³/mol. The summed E-state index contributed by atoms with van der Waals surface area (Å²) in [6, 6.07) is 24.8. The van der Waals surface area contributed by atoms with Crippen LogP contribution in [0.25, 0.3) is 5.57 Å². The first-order valence-electron chi connectivity index (χ1n) is 10.8. The zero-order chi connectivity index (χ0) is 21.3. The Bertz CT molecular complexity index is 886. The van der Waals surface area contributed by atoms with Gasteiger partial charge in [-0.3, -0.25) is 0 Å². The first-order chi connectivity index (χ1) is 13.8. The van der Waals surface area contributed by atoms with Crippen LogP contribution in [0.15, 0.2) is 66.2 Å². The fraction of sp³-hybridized carbons (Fsp3) is 0.333. The van der Waals surface area contributed by atoms with E-state index in [9.17, 15) is 0 Å². The first kappa shape index (κ1) is 23.0. The largest absolute Gasteiger partial charge is 0.138 e. The maximum absolute atomic E-state index is 3.78. The molecule has 0 fully saturated rings. The maximum atomic E-state index is 3.78. The van der Waals surface area contributed by atoms with Gasteiger partial charge < -0.3 is 0 Å². The van der Waals surface area contributed by atoms with E-state index in [-0.39, 0.29) is 0 Å². The molecule has 2 heteroatoms. The Kier molecular flexibility index (Phi) is 8.33. The van der Waals surface area contributed by atoms with Crippen molar-refractivity contribution < 1.29 is 0 Å². The zero-order valence-corrected chi connectivity index (χ0v) is 20.9. The lowest BCUT2D eigenvalue weighted by Gasteiger charge is -2.20. The van der Waals surface area contributed by atoms with Gasteiger partial charge in [-0.2, -0.15) is 0 Å². The van der Waals surface area contributed by atoms with Crippen molar-refractivity contribution in [1.29, 1.82) is 0 Å². The minimum atomic E-state index is -1.55. The van der Waals surface area contributed by atoms with E-state index in [1.165, 1.54) is 29.3 Å². The average molecular weight is 415 g/mol. The number of hydrogen-bond acceptors (Lipinski definition) is 0. The van der Waals surface area contributed by atoms with Gasteiger partial charge in [-0.1, -0.05) is 113 Å². The lowest BCUT2D eigenvalue weighted by molar-refractivity contribution is 1.20. The van der Waals surface area contributed by atoms with Crippen LogP contribution < -0.4 is 0 Å². The van der Waals surface area contributed by atoms with E-state index >= 15 is 0 Å². The van der Waals surface area contributed by atoms with Crippen molar-refractivity contribution in [2.24, 2.45) is 0 Å². The Morgan fingerprint density at radius 1 is 0.655 bits per heavy atom. The Morgan fingerprint density at radius 3 is 1.45 bits per heavy atom. The van der Waals surface area contributed by atoms with Crippen LogP contribution in [0.1, 0.15) is 31.9 Å². The third kappa shape index (κ3) is 6.64. The summed E-state index contributed by atoms with van der Waals surface area (Å²) in [4.78, 5) is 0. The van der Waals surface area contributed by atoms with Gasteiger partial charge in [-0.15, -0.1) is 11.1 Å². The van der Waals surface area contributed by atoms with Crippen LogP contribution in [0.5, 0.6) is 0 Å². The van der Waals surface area contributed by atoms with Gasteiger partial charge in [0.1, 0.15) is 16.1 Å². The molecule has 0 aliphatic carbocycles. The molecule has 0 saturated heterocycles. The highest BCUT2D eigenvalue weighted by Crippen LogP contribution is 2.27. The van der Waals surface area contributed by atoms with Crippen molar-refractivity contribution in [3.8, 4) is 22.9 Å². The molecule has 150 valence electrons. The summed E-state index contributed by atoms with van der Waals surface area (Å²) >= 11 is 0. The van der Waals surface area contributed by atoms with Crippen molar-refractivity contribution in [1.82, 2.24) is 0 Å². The molecule has 0 amide bonds. The molecule has 0 heterocycles. The highest BCUT2D eigenvalue weighted by atomic mass is 28.3. The van der Waals surface area contributed by atoms with E-state index in [4.69, 9.17) is 0 Å². The normalized spacial score (nSPS) is 11.0. The van der Waals surface area contributed by atoms with Crippen LogP contribution in [0.3, 0.4) is 0 Å². The van der Waals surface area contributed by atoms with Gasteiger partial charge in [0, 0.05) is 5.57 Å². The number of allylic oxidation sites excluding steroid dienone is 1. The predicted octanol–water partition coefficient (Wildman–Crippen LogP) is 7.42. The fourth-order valence-corrected chi connectivity index (χ4v) is 6.20. The van der Waals surface area contributed by atoms with Crippen LogP contribution in [-0.2, 0) is 0 Å². The van der Waals surface area contributed by atoms with Gasteiger partial charge in [-0.05, 0) is 29.3 Å². The molecule has 0 atom stereocenters. The third-order valence-electron chi connectivity index (χ3n) is 5.42. The molecule has 0 spiro atoms. The average Bonchev–Trinajstić information content (AvgIpc) is 2.74. The Hall–Kier alpha value is -2.27. The van der Waals surface area contributed by atoms with Crippen molar-refractivity contribution in [3.63, 3.8) is 0 Å². The van der Waals surface area contributed by atoms with Crippen LogP contribution in [0.4, 0.5) is 0 Å². The molecule has 0 aliphatic heterocycles. The smallest absolute Gasteiger partial charge is 0.126 e. The number of hydrogen-bond donors (Lipinski definition) is 0. The van der Waals surface area contributed by atoms with Gasteiger partial charge in [0.15, 0.2) is 0 Å². The van der Waals surface area contributed by atoms with Gasteiger partial charge >= 0.3 is 0 Å². The van der Waals surface area contributed by atoms with Gasteiger partial charge in [0.25, 0.3) is 0 Å². The zero-order valence-electron chi connectivity index (χ0n) is 18.9. The molecule has 0 nitrogen and oxygen atoms in total. The molecule has 0 bridgehead atoms. The van der Waals surface area contributed by atoms with Crippen molar-refractivity contribution in [2.75, 3.05) is 0 Å². The Balaban J connectivity index is 2.82. The van der Waals surface area contributed by atoms with E-state index in [0.29, 0.717) is 0 Å². The molecule has 2 aromatic carbocycles. The third-order valence-corrected chi connectivity index (χ3v) is 11.0.